The van der Waals surface area contributed by atoms with E-state index in [4.69, 9.17) is 4.74 Å². The maximum absolute atomic E-state index is 12.6. The minimum atomic E-state index is -0.111. The molecule has 1 saturated heterocycles. The van der Waals surface area contributed by atoms with Gasteiger partial charge in [-0.3, -0.25) is 5.10 Å². The molecular formula is C21H25N7O2. The van der Waals surface area contributed by atoms with Gasteiger partial charge < -0.3 is 25.2 Å². The first-order chi connectivity index (χ1) is 14.6. The first-order valence-electron chi connectivity index (χ1n) is 9.82. The van der Waals surface area contributed by atoms with Gasteiger partial charge in [0.25, 0.3) is 0 Å². The third-order valence-electron chi connectivity index (χ3n) is 4.91. The summed E-state index contributed by atoms with van der Waals surface area (Å²) in [4.78, 5) is 21.3. The van der Waals surface area contributed by atoms with Crippen LogP contribution in [0, 0.1) is 6.92 Å². The van der Waals surface area contributed by atoms with E-state index >= 15 is 0 Å². The number of hydrogen-bond acceptors (Lipinski definition) is 6. The summed E-state index contributed by atoms with van der Waals surface area (Å²) in [6.45, 7) is 4.61. The number of ether oxygens (including phenoxy) is 1. The van der Waals surface area contributed by atoms with E-state index in [-0.39, 0.29) is 6.03 Å². The number of benzene rings is 1. The molecule has 1 aromatic carbocycles. The molecule has 0 radical (unpaired) electrons. The number of pyridine rings is 1. The number of piperazine rings is 1. The number of rotatable bonds is 5. The highest BCUT2D eigenvalue weighted by Crippen LogP contribution is 2.20. The van der Waals surface area contributed by atoms with Crippen molar-refractivity contribution >= 4 is 29.2 Å². The molecule has 3 N–H and O–H groups in total. The van der Waals surface area contributed by atoms with Crippen LogP contribution in [0.1, 0.15) is 5.69 Å². The topological polar surface area (TPSA) is 98.4 Å². The van der Waals surface area contributed by atoms with E-state index in [0.717, 1.165) is 28.8 Å². The van der Waals surface area contributed by atoms with Crippen molar-refractivity contribution in [1.29, 1.82) is 0 Å². The number of carbonyl (C=O) groups excluding carboxylic acids is 1. The molecule has 0 atom stereocenters. The number of aromatic nitrogens is 3. The average molecular weight is 407 g/mol. The van der Waals surface area contributed by atoms with Crippen molar-refractivity contribution in [3.8, 4) is 5.75 Å². The summed E-state index contributed by atoms with van der Waals surface area (Å²) < 4.78 is 5.20. The van der Waals surface area contributed by atoms with Gasteiger partial charge in [0.1, 0.15) is 17.4 Å². The van der Waals surface area contributed by atoms with E-state index in [1.54, 1.807) is 13.2 Å². The molecule has 2 aromatic heterocycles. The highest BCUT2D eigenvalue weighted by atomic mass is 16.5. The molecule has 0 saturated carbocycles. The molecule has 30 heavy (non-hydrogen) atoms. The Balaban J connectivity index is 1.33. The number of carbonyl (C=O) groups is 1. The highest BCUT2D eigenvalue weighted by molar-refractivity contribution is 5.89. The lowest BCUT2D eigenvalue weighted by Gasteiger charge is -2.35. The first kappa shape index (κ1) is 19.6. The summed E-state index contributed by atoms with van der Waals surface area (Å²) in [6.07, 6.45) is 0. The molecule has 9 heteroatoms. The second-order valence-electron chi connectivity index (χ2n) is 7.08. The third-order valence-corrected chi connectivity index (χ3v) is 4.91. The monoisotopic (exact) mass is 407 g/mol. The summed E-state index contributed by atoms with van der Waals surface area (Å²) in [6, 6.07) is 15.0. The van der Waals surface area contributed by atoms with Gasteiger partial charge in [-0.1, -0.05) is 12.1 Å². The Morgan fingerprint density at radius 1 is 1.07 bits per heavy atom. The quantitative estimate of drug-likeness (QED) is 0.601. The molecule has 0 bridgehead atoms. The van der Waals surface area contributed by atoms with E-state index in [1.165, 1.54) is 0 Å². The van der Waals surface area contributed by atoms with Gasteiger partial charge >= 0.3 is 6.03 Å². The van der Waals surface area contributed by atoms with E-state index in [9.17, 15) is 4.79 Å². The number of aryl methyl sites for hydroxylation is 1. The van der Waals surface area contributed by atoms with Crippen molar-refractivity contribution in [2.24, 2.45) is 0 Å². The van der Waals surface area contributed by atoms with Gasteiger partial charge in [0.2, 0.25) is 0 Å². The Bertz CT molecular complexity index is 1010. The third kappa shape index (κ3) is 4.62. The zero-order chi connectivity index (χ0) is 20.9. The van der Waals surface area contributed by atoms with E-state index < -0.39 is 0 Å². The van der Waals surface area contributed by atoms with Gasteiger partial charge in [0.05, 0.1) is 7.11 Å². The normalized spacial score (nSPS) is 13.8. The number of nitrogens with zero attached hydrogens (tertiary/aromatic N) is 4. The van der Waals surface area contributed by atoms with E-state index in [0.29, 0.717) is 31.9 Å². The molecule has 1 fully saturated rings. The molecule has 0 aliphatic carbocycles. The molecule has 3 heterocycles. The van der Waals surface area contributed by atoms with Gasteiger partial charge in [0.15, 0.2) is 5.82 Å². The SMILES string of the molecule is COc1cccc(NC(=O)N2CCN(c3cccc(Nc4cc(C)[nH]n4)n3)CC2)c1. The van der Waals surface area contributed by atoms with Crippen LogP contribution in [0.5, 0.6) is 5.75 Å². The molecule has 0 unspecified atom stereocenters. The van der Waals surface area contributed by atoms with Gasteiger partial charge in [-0.15, -0.1) is 0 Å². The van der Waals surface area contributed by atoms with Gasteiger partial charge in [-0.2, -0.15) is 5.10 Å². The molecule has 0 spiro atoms. The fourth-order valence-electron chi connectivity index (χ4n) is 3.32. The van der Waals surface area contributed by atoms with Crippen LogP contribution in [0.15, 0.2) is 48.5 Å². The Labute approximate surface area is 175 Å². The number of anilines is 4. The lowest BCUT2D eigenvalue weighted by atomic mass is 10.3. The van der Waals surface area contributed by atoms with Crippen LogP contribution in [0.25, 0.3) is 0 Å². The smallest absolute Gasteiger partial charge is 0.321 e. The summed E-state index contributed by atoms with van der Waals surface area (Å²) >= 11 is 0. The molecule has 4 rings (SSSR count). The zero-order valence-corrected chi connectivity index (χ0v) is 17.1. The van der Waals surface area contributed by atoms with Crippen LogP contribution in [0.4, 0.5) is 27.9 Å². The Kier molecular flexibility index (Phi) is 5.69. The van der Waals surface area contributed by atoms with Crippen LogP contribution in [0.3, 0.4) is 0 Å². The van der Waals surface area contributed by atoms with Crippen LogP contribution >= 0.6 is 0 Å². The average Bonchev–Trinajstić information content (AvgIpc) is 3.18. The van der Waals surface area contributed by atoms with Crippen LogP contribution in [-0.2, 0) is 0 Å². The van der Waals surface area contributed by atoms with Crippen molar-refractivity contribution in [3.05, 3.63) is 54.2 Å². The second-order valence-corrected chi connectivity index (χ2v) is 7.08. The largest absolute Gasteiger partial charge is 0.497 e. The number of H-pyrrole nitrogens is 1. The lowest BCUT2D eigenvalue weighted by molar-refractivity contribution is 0.208. The molecule has 1 aliphatic heterocycles. The minimum absolute atomic E-state index is 0.111. The van der Waals surface area contributed by atoms with Crippen molar-refractivity contribution in [2.45, 2.75) is 6.92 Å². The Morgan fingerprint density at radius 2 is 1.87 bits per heavy atom. The maximum atomic E-state index is 12.6. The maximum Gasteiger partial charge on any atom is 0.321 e. The predicted octanol–water partition coefficient (Wildman–Crippen LogP) is 3.22. The number of methoxy groups -OCH3 is 1. The highest BCUT2D eigenvalue weighted by Gasteiger charge is 2.22. The molecular weight excluding hydrogens is 382 g/mol. The number of amides is 2. The first-order valence-corrected chi connectivity index (χ1v) is 9.82. The zero-order valence-electron chi connectivity index (χ0n) is 17.1. The van der Waals surface area contributed by atoms with E-state index in [2.05, 4.69) is 30.7 Å². The summed E-state index contributed by atoms with van der Waals surface area (Å²) in [5.41, 5.74) is 1.70. The predicted molar refractivity (Wildman–Crippen MR) is 117 cm³/mol. The Morgan fingerprint density at radius 3 is 2.60 bits per heavy atom. The lowest BCUT2D eigenvalue weighted by Crippen LogP contribution is -2.50. The van der Waals surface area contributed by atoms with Gasteiger partial charge in [-0.05, 0) is 31.2 Å². The molecule has 9 nitrogen and oxygen atoms in total. The van der Waals surface area contributed by atoms with Gasteiger partial charge in [-0.25, -0.2) is 9.78 Å². The molecule has 1 aliphatic rings. The standard InChI is InChI=1S/C21H25N7O2/c1-15-13-19(26-25-15)23-18-7-4-8-20(24-18)27-9-11-28(12-10-27)21(29)22-16-5-3-6-17(14-16)30-2/h3-8,13-14H,9-12H2,1-2H3,(H,22,29)(H2,23,24,25,26). The van der Waals surface area contributed by atoms with Crippen LogP contribution in [-0.4, -0.2) is 59.4 Å². The fraction of sp³-hybridized carbons (Fsp3) is 0.286. The fourth-order valence-corrected chi connectivity index (χ4v) is 3.32. The number of urea groups is 1. The molecule has 3 aromatic rings. The van der Waals surface area contributed by atoms with E-state index in [1.807, 2.05) is 54.3 Å². The van der Waals surface area contributed by atoms with Gasteiger partial charge in [0, 0.05) is 49.7 Å². The van der Waals surface area contributed by atoms with Crippen molar-refractivity contribution < 1.29 is 9.53 Å². The summed E-state index contributed by atoms with van der Waals surface area (Å²) in [5.74, 6) is 3.05. The second kappa shape index (κ2) is 8.73. The molecule has 2 amide bonds. The van der Waals surface area contributed by atoms with Crippen molar-refractivity contribution in [2.75, 3.05) is 48.8 Å². The number of aromatic amines is 1. The Hall–Kier alpha value is -3.75. The van der Waals surface area contributed by atoms with Crippen LogP contribution in [0.2, 0.25) is 0 Å². The number of hydrogen-bond donors (Lipinski definition) is 3. The summed E-state index contributed by atoms with van der Waals surface area (Å²) in [7, 11) is 1.61. The van der Waals surface area contributed by atoms with Crippen molar-refractivity contribution in [3.63, 3.8) is 0 Å². The van der Waals surface area contributed by atoms with Crippen molar-refractivity contribution in [1.82, 2.24) is 20.1 Å². The van der Waals surface area contributed by atoms with Crippen LogP contribution < -0.4 is 20.3 Å². The molecule has 156 valence electrons. The summed E-state index contributed by atoms with van der Waals surface area (Å²) in [5, 5.41) is 13.2. The minimum Gasteiger partial charge on any atom is -0.497 e. The number of nitrogens with one attached hydrogen (secondary N) is 3.